The van der Waals surface area contributed by atoms with E-state index in [0.29, 0.717) is 12.0 Å². The SMILES string of the molecule is CCCN(C(=O)NC(Cc1ccc(-c2ccccc2)cc1)C(=O)O)C(=O)c1cccc(-c2ccccc2)c1. The second-order valence-corrected chi connectivity index (χ2v) is 9.01. The summed E-state index contributed by atoms with van der Waals surface area (Å²) in [6.07, 6.45) is 0.629. The van der Waals surface area contributed by atoms with Gasteiger partial charge in [0.05, 0.1) is 0 Å². The van der Waals surface area contributed by atoms with Crippen LogP contribution < -0.4 is 5.32 Å². The summed E-state index contributed by atoms with van der Waals surface area (Å²) in [5.74, 6) is -1.64. The zero-order valence-corrected chi connectivity index (χ0v) is 21.2. The minimum Gasteiger partial charge on any atom is -0.480 e. The number of carboxylic acid groups (broad SMARTS) is 1. The van der Waals surface area contributed by atoms with Gasteiger partial charge in [-0.15, -0.1) is 0 Å². The van der Waals surface area contributed by atoms with Crippen LogP contribution in [-0.4, -0.2) is 40.5 Å². The molecule has 4 aromatic rings. The summed E-state index contributed by atoms with van der Waals surface area (Å²) in [6.45, 7) is 2.02. The minimum absolute atomic E-state index is 0.0911. The van der Waals surface area contributed by atoms with Crippen molar-refractivity contribution in [3.63, 3.8) is 0 Å². The highest BCUT2D eigenvalue weighted by atomic mass is 16.4. The van der Waals surface area contributed by atoms with E-state index in [2.05, 4.69) is 5.32 Å². The summed E-state index contributed by atoms with van der Waals surface area (Å²) < 4.78 is 0. The van der Waals surface area contributed by atoms with Crippen LogP contribution in [0.15, 0.2) is 109 Å². The Hall–Kier alpha value is -4.71. The van der Waals surface area contributed by atoms with Gasteiger partial charge in [-0.05, 0) is 46.4 Å². The number of hydrogen-bond acceptors (Lipinski definition) is 3. The van der Waals surface area contributed by atoms with Gasteiger partial charge in [0.25, 0.3) is 5.91 Å². The Balaban J connectivity index is 1.48. The van der Waals surface area contributed by atoms with E-state index in [1.807, 2.05) is 97.9 Å². The Bertz CT molecular complexity index is 1390. The molecule has 0 aliphatic rings. The molecule has 6 heteroatoms. The quantitative estimate of drug-likeness (QED) is 0.280. The third-order valence-electron chi connectivity index (χ3n) is 6.25. The lowest BCUT2D eigenvalue weighted by Crippen LogP contribution is -2.51. The number of nitrogens with zero attached hydrogens (tertiary/aromatic N) is 1. The summed E-state index contributed by atoms with van der Waals surface area (Å²) in [5, 5.41) is 12.4. The molecule has 4 rings (SSSR count). The molecule has 0 radical (unpaired) electrons. The molecule has 0 aliphatic carbocycles. The molecule has 4 aromatic carbocycles. The van der Waals surface area contributed by atoms with Crippen molar-refractivity contribution in [2.24, 2.45) is 0 Å². The lowest BCUT2D eigenvalue weighted by molar-refractivity contribution is -0.139. The van der Waals surface area contributed by atoms with Crippen molar-refractivity contribution in [3.05, 3.63) is 120 Å². The normalized spacial score (nSPS) is 11.4. The number of rotatable bonds is 9. The molecule has 192 valence electrons. The molecule has 3 amide bonds. The highest BCUT2D eigenvalue weighted by Crippen LogP contribution is 2.22. The standard InChI is InChI=1S/C32H30N2O4/c1-2-20-34(30(35)28-15-9-14-27(22-28)25-12-7-4-8-13-25)32(38)33-29(31(36)37)21-23-16-18-26(19-17-23)24-10-5-3-6-11-24/h3-19,22,29H,2,20-21H2,1H3,(H,33,38)(H,36,37). The number of benzene rings is 4. The number of carbonyl (C=O) groups is 3. The number of nitrogens with one attached hydrogen (secondary N) is 1. The van der Waals surface area contributed by atoms with Crippen LogP contribution in [0.2, 0.25) is 0 Å². The third kappa shape index (κ3) is 6.53. The second-order valence-electron chi connectivity index (χ2n) is 9.01. The second kappa shape index (κ2) is 12.5. The fourth-order valence-corrected chi connectivity index (χ4v) is 4.26. The van der Waals surface area contributed by atoms with Gasteiger partial charge in [-0.1, -0.05) is 104 Å². The molecule has 0 aromatic heterocycles. The van der Waals surface area contributed by atoms with Crippen LogP contribution in [0, 0.1) is 0 Å². The molecule has 0 bridgehead atoms. The summed E-state index contributed by atoms with van der Waals surface area (Å²) in [5.41, 5.74) is 5.02. The van der Waals surface area contributed by atoms with Gasteiger partial charge >= 0.3 is 12.0 Å². The molecule has 0 saturated heterocycles. The Labute approximate surface area is 222 Å². The predicted octanol–water partition coefficient (Wildman–Crippen LogP) is 6.28. The lowest BCUT2D eigenvalue weighted by Gasteiger charge is -2.24. The van der Waals surface area contributed by atoms with Crippen LogP contribution in [0.3, 0.4) is 0 Å². The molecular weight excluding hydrogens is 476 g/mol. The first kappa shape index (κ1) is 26.4. The highest BCUT2D eigenvalue weighted by molar-refractivity contribution is 6.05. The van der Waals surface area contributed by atoms with E-state index >= 15 is 0 Å². The molecule has 0 saturated carbocycles. The molecule has 2 N–H and O–H groups in total. The largest absolute Gasteiger partial charge is 0.480 e. The summed E-state index contributed by atoms with van der Waals surface area (Å²) in [6, 6.07) is 32.3. The Morgan fingerprint density at radius 1 is 0.737 bits per heavy atom. The van der Waals surface area contributed by atoms with Crippen molar-refractivity contribution in [2.75, 3.05) is 6.54 Å². The Morgan fingerprint density at radius 2 is 1.29 bits per heavy atom. The number of amides is 3. The van der Waals surface area contributed by atoms with Crippen LogP contribution in [0.5, 0.6) is 0 Å². The minimum atomic E-state index is -1.19. The predicted molar refractivity (Wildman–Crippen MR) is 149 cm³/mol. The maximum atomic E-state index is 13.4. The van der Waals surface area contributed by atoms with Gasteiger partial charge in [0.15, 0.2) is 0 Å². The van der Waals surface area contributed by atoms with Crippen molar-refractivity contribution in [1.82, 2.24) is 10.2 Å². The first-order chi connectivity index (χ1) is 18.5. The highest BCUT2D eigenvalue weighted by Gasteiger charge is 2.27. The Morgan fingerprint density at radius 3 is 1.87 bits per heavy atom. The van der Waals surface area contributed by atoms with E-state index < -0.39 is 23.9 Å². The van der Waals surface area contributed by atoms with Crippen LogP contribution >= 0.6 is 0 Å². The van der Waals surface area contributed by atoms with Gasteiger partial charge in [0, 0.05) is 18.5 Å². The van der Waals surface area contributed by atoms with E-state index in [9.17, 15) is 19.5 Å². The maximum absolute atomic E-state index is 13.4. The number of carboxylic acids is 1. The molecule has 1 atom stereocenters. The zero-order valence-electron chi connectivity index (χ0n) is 21.2. The van der Waals surface area contributed by atoms with Crippen molar-refractivity contribution in [1.29, 1.82) is 0 Å². The maximum Gasteiger partial charge on any atom is 0.326 e. The number of carbonyl (C=O) groups excluding carboxylic acids is 2. The molecule has 6 nitrogen and oxygen atoms in total. The fraction of sp³-hybridized carbons (Fsp3) is 0.156. The molecule has 0 spiro atoms. The van der Waals surface area contributed by atoms with E-state index in [4.69, 9.17) is 0 Å². The number of imide groups is 1. The summed E-state index contributed by atoms with van der Waals surface area (Å²) in [4.78, 5) is 39.7. The number of hydrogen-bond donors (Lipinski definition) is 2. The van der Waals surface area contributed by atoms with Gasteiger partial charge in [0.1, 0.15) is 6.04 Å². The Kier molecular flexibility index (Phi) is 8.67. The van der Waals surface area contributed by atoms with Gasteiger partial charge in [-0.3, -0.25) is 9.69 Å². The average molecular weight is 507 g/mol. The molecule has 1 unspecified atom stereocenters. The van der Waals surface area contributed by atoms with Crippen LogP contribution in [-0.2, 0) is 11.2 Å². The molecule has 0 aliphatic heterocycles. The summed E-state index contributed by atoms with van der Waals surface area (Å²) in [7, 11) is 0. The van der Waals surface area contributed by atoms with Crippen molar-refractivity contribution >= 4 is 17.9 Å². The number of urea groups is 1. The number of aliphatic carboxylic acids is 1. The monoisotopic (exact) mass is 506 g/mol. The first-order valence-electron chi connectivity index (χ1n) is 12.6. The average Bonchev–Trinajstić information content (AvgIpc) is 2.96. The van der Waals surface area contributed by atoms with Crippen LogP contribution in [0.25, 0.3) is 22.3 Å². The van der Waals surface area contributed by atoms with E-state index in [-0.39, 0.29) is 13.0 Å². The zero-order chi connectivity index (χ0) is 26.9. The fourth-order valence-electron chi connectivity index (χ4n) is 4.26. The van der Waals surface area contributed by atoms with Gasteiger partial charge in [0.2, 0.25) is 0 Å². The van der Waals surface area contributed by atoms with Gasteiger partial charge in [-0.25, -0.2) is 9.59 Å². The van der Waals surface area contributed by atoms with E-state index in [1.165, 1.54) is 0 Å². The molecule has 0 fully saturated rings. The van der Waals surface area contributed by atoms with E-state index in [1.54, 1.807) is 18.2 Å². The van der Waals surface area contributed by atoms with Crippen molar-refractivity contribution in [2.45, 2.75) is 25.8 Å². The van der Waals surface area contributed by atoms with E-state index in [0.717, 1.165) is 32.7 Å². The molecule has 38 heavy (non-hydrogen) atoms. The molecular formula is C32H30N2O4. The topological polar surface area (TPSA) is 86.7 Å². The van der Waals surface area contributed by atoms with Crippen molar-refractivity contribution in [3.8, 4) is 22.3 Å². The van der Waals surface area contributed by atoms with Gasteiger partial charge in [-0.2, -0.15) is 0 Å². The lowest BCUT2D eigenvalue weighted by atomic mass is 10.0. The van der Waals surface area contributed by atoms with Gasteiger partial charge < -0.3 is 10.4 Å². The molecule has 0 heterocycles. The smallest absolute Gasteiger partial charge is 0.326 e. The van der Waals surface area contributed by atoms with Crippen LogP contribution in [0.1, 0.15) is 29.3 Å². The summed E-state index contributed by atoms with van der Waals surface area (Å²) >= 11 is 0. The first-order valence-corrected chi connectivity index (χ1v) is 12.6. The third-order valence-corrected chi connectivity index (χ3v) is 6.25. The van der Waals surface area contributed by atoms with Crippen molar-refractivity contribution < 1.29 is 19.5 Å². The van der Waals surface area contributed by atoms with Crippen LogP contribution in [0.4, 0.5) is 4.79 Å².